The van der Waals surface area contributed by atoms with E-state index in [0.29, 0.717) is 16.8 Å². The van der Waals surface area contributed by atoms with Gasteiger partial charge in [-0.3, -0.25) is 4.79 Å². The number of aromatic nitrogens is 4. The Bertz CT molecular complexity index is 760. The van der Waals surface area contributed by atoms with Crippen molar-refractivity contribution in [3.63, 3.8) is 0 Å². The summed E-state index contributed by atoms with van der Waals surface area (Å²) in [5.41, 5.74) is 2.11. The summed E-state index contributed by atoms with van der Waals surface area (Å²) in [7, 11) is 0. The summed E-state index contributed by atoms with van der Waals surface area (Å²) >= 11 is 1.42. The molecule has 1 saturated heterocycles. The Kier molecular flexibility index (Phi) is 5.24. The zero-order chi connectivity index (χ0) is 17.9. The van der Waals surface area contributed by atoms with Crippen molar-refractivity contribution in [3.8, 4) is 5.69 Å². The second kappa shape index (κ2) is 7.78. The summed E-state index contributed by atoms with van der Waals surface area (Å²) < 4.78 is 1.70. The Morgan fingerprint density at radius 1 is 1.15 bits per heavy atom. The molecule has 7 heteroatoms. The quantitative estimate of drug-likeness (QED) is 0.773. The van der Waals surface area contributed by atoms with E-state index in [1.165, 1.54) is 49.4 Å². The minimum atomic E-state index is 0.206. The van der Waals surface area contributed by atoms with Crippen LogP contribution in [0.1, 0.15) is 37.7 Å². The number of tetrazole rings is 1. The smallest absolute Gasteiger partial charge is 0.233 e. The highest BCUT2D eigenvalue weighted by Crippen LogP contribution is 2.36. The van der Waals surface area contributed by atoms with Gasteiger partial charge in [-0.1, -0.05) is 48.7 Å². The number of rotatable bonds is 4. The first kappa shape index (κ1) is 17.5. The molecular formula is C19H25N5OS. The van der Waals surface area contributed by atoms with Crippen molar-refractivity contribution in [1.82, 2.24) is 25.1 Å². The number of piperidine rings is 1. The fraction of sp³-hybridized carbons (Fsp3) is 0.579. The summed E-state index contributed by atoms with van der Waals surface area (Å²) in [6, 6.07) is 8.05. The van der Waals surface area contributed by atoms with E-state index >= 15 is 0 Å². The van der Waals surface area contributed by atoms with E-state index in [-0.39, 0.29) is 5.91 Å². The molecule has 2 aromatic rings. The van der Waals surface area contributed by atoms with Crippen molar-refractivity contribution in [2.24, 2.45) is 11.8 Å². The predicted octanol–water partition coefficient (Wildman–Crippen LogP) is 3.10. The van der Waals surface area contributed by atoms with Gasteiger partial charge in [-0.25, -0.2) is 0 Å². The maximum Gasteiger partial charge on any atom is 0.233 e. The number of aryl methyl sites for hydroxylation is 1. The van der Waals surface area contributed by atoms with Crippen LogP contribution < -0.4 is 0 Å². The van der Waals surface area contributed by atoms with E-state index in [4.69, 9.17) is 0 Å². The molecule has 4 rings (SSSR count). The fourth-order valence-corrected chi connectivity index (χ4v) is 4.96. The second-order valence-corrected chi connectivity index (χ2v) is 8.37. The monoisotopic (exact) mass is 371 g/mol. The van der Waals surface area contributed by atoms with Gasteiger partial charge in [-0.05, 0) is 54.2 Å². The van der Waals surface area contributed by atoms with Crippen molar-refractivity contribution in [2.75, 3.05) is 18.8 Å². The van der Waals surface area contributed by atoms with Crippen LogP contribution in [0.15, 0.2) is 29.4 Å². The number of benzene rings is 1. The molecule has 1 amide bonds. The average molecular weight is 372 g/mol. The first-order valence-corrected chi connectivity index (χ1v) is 10.5. The number of hydrogen-bond acceptors (Lipinski definition) is 5. The van der Waals surface area contributed by atoms with Gasteiger partial charge in [-0.2, -0.15) is 4.68 Å². The lowest BCUT2D eigenvalue weighted by Crippen LogP contribution is -2.45. The maximum atomic E-state index is 12.7. The summed E-state index contributed by atoms with van der Waals surface area (Å²) in [5, 5.41) is 12.6. The Hall–Kier alpha value is -1.89. The molecule has 1 aromatic heterocycles. The van der Waals surface area contributed by atoms with Crippen LogP contribution in [0.5, 0.6) is 0 Å². The molecule has 26 heavy (non-hydrogen) atoms. The summed E-state index contributed by atoms with van der Waals surface area (Å²) in [4.78, 5) is 14.7. The first-order valence-electron chi connectivity index (χ1n) is 9.47. The number of nitrogens with zero attached hydrogens (tertiary/aromatic N) is 5. The van der Waals surface area contributed by atoms with Gasteiger partial charge in [0.1, 0.15) is 0 Å². The third-order valence-corrected chi connectivity index (χ3v) is 6.59. The van der Waals surface area contributed by atoms with Crippen LogP contribution in [0.4, 0.5) is 0 Å². The van der Waals surface area contributed by atoms with Gasteiger partial charge < -0.3 is 4.90 Å². The van der Waals surface area contributed by atoms with E-state index in [2.05, 4.69) is 20.4 Å². The Morgan fingerprint density at radius 2 is 1.92 bits per heavy atom. The van der Waals surface area contributed by atoms with Crippen LogP contribution in [-0.4, -0.2) is 49.9 Å². The minimum Gasteiger partial charge on any atom is -0.342 e. The van der Waals surface area contributed by atoms with Crippen LogP contribution in [0.25, 0.3) is 5.69 Å². The summed E-state index contributed by atoms with van der Waals surface area (Å²) in [5.74, 6) is 2.15. The lowest BCUT2D eigenvalue weighted by molar-refractivity contribution is -0.131. The zero-order valence-electron chi connectivity index (χ0n) is 15.2. The van der Waals surface area contributed by atoms with Crippen LogP contribution in [0.2, 0.25) is 0 Å². The van der Waals surface area contributed by atoms with Crippen molar-refractivity contribution in [2.45, 2.75) is 44.2 Å². The summed E-state index contributed by atoms with van der Waals surface area (Å²) in [6.45, 7) is 3.89. The molecule has 0 bridgehead atoms. The van der Waals surface area contributed by atoms with Crippen molar-refractivity contribution in [3.05, 3.63) is 29.8 Å². The molecule has 0 N–H and O–H groups in total. The molecule has 2 aliphatic rings. The maximum absolute atomic E-state index is 12.7. The highest BCUT2D eigenvalue weighted by molar-refractivity contribution is 7.99. The molecule has 2 fully saturated rings. The number of carbonyl (C=O) groups excluding carboxylic acids is 1. The Morgan fingerprint density at radius 3 is 2.73 bits per heavy atom. The lowest BCUT2D eigenvalue weighted by Gasteiger charge is -2.41. The Labute approximate surface area is 158 Å². The number of hydrogen-bond donors (Lipinski definition) is 0. The van der Waals surface area contributed by atoms with Crippen molar-refractivity contribution >= 4 is 17.7 Å². The molecule has 2 atom stereocenters. The number of amides is 1. The molecule has 0 spiro atoms. The van der Waals surface area contributed by atoms with Crippen molar-refractivity contribution < 1.29 is 4.79 Å². The minimum absolute atomic E-state index is 0.206. The van der Waals surface area contributed by atoms with Gasteiger partial charge >= 0.3 is 0 Å². The van der Waals surface area contributed by atoms with Crippen LogP contribution in [0, 0.1) is 18.8 Å². The number of thioether (sulfide) groups is 1. The highest BCUT2D eigenvalue weighted by Gasteiger charge is 2.32. The van der Waals surface area contributed by atoms with Gasteiger partial charge in [0.05, 0.1) is 11.4 Å². The highest BCUT2D eigenvalue weighted by atomic mass is 32.2. The second-order valence-electron chi connectivity index (χ2n) is 7.43. The standard InChI is InChI=1S/C19H25N5OS/c1-14-6-8-17(9-7-14)24-19(20-21-22-24)26-13-18(25)23-11-10-15-4-2-3-5-16(15)12-23/h6-9,15-16H,2-5,10-13H2,1H3/t15-,16+/m0/s1. The molecule has 1 aliphatic heterocycles. The van der Waals surface area contributed by atoms with Gasteiger partial charge in [0.25, 0.3) is 0 Å². The molecule has 0 unspecified atom stereocenters. The van der Waals surface area contributed by atoms with Gasteiger partial charge in [0, 0.05) is 13.1 Å². The molecule has 2 heterocycles. The third kappa shape index (κ3) is 3.77. The molecule has 6 nitrogen and oxygen atoms in total. The number of carbonyl (C=O) groups is 1. The average Bonchev–Trinajstić information content (AvgIpc) is 3.15. The lowest BCUT2D eigenvalue weighted by atomic mass is 9.75. The van der Waals surface area contributed by atoms with E-state index in [1.807, 2.05) is 31.2 Å². The first-order chi connectivity index (χ1) is 12.7. The fourth-order valence-electron chi connectivity index (χ4n) is 4.16. The van der Waals surface area contributed by atoms with Crippen LogP contribution in [0.3, 0.4) is 0 Å². The topological polar surface area (TPSA) is 63.9 Å². The largest absolute Gasteiger partial charge is 0.342 e. The predicted molar refractivity (Wildman–Crippen MR) is 101 cm³/mol. The van der Waals surface area contributed by atoms with Crippen LogP contribution >= 0.6 is 11.8 Å². The van der Waals surface area contributed by atoms with E-state index in [9.17, 15) is 4.79 Å². The molecule has 1 saturated carbocycles. The van der Waals surface area contributed by atoms with Gasteiger partial charge in [-0.15, -0.1) is 5.10 Å². The third-order valence-electron chi connectivity index (χ3n) is 5.69. The van der Waals surface area contributed by atoms with E-state index in [0.717, 1.165) is 24.7 Å². The van der Waals surface area contributed by atoms with Gasteiger partial charge in [0.2, 0.25) is 11.1 Å². The number of likely N-dealkylation sites (tertiary alicyclic amines) is 1. The van der Waals surface area contributed by atoms with Gasteiger partial charge in [0.15, 0.2) is 0 Å². The molecular weight excluding hydrogens is 346 g/mol. The normalized spacial score (nSPS) is 22.9. The summed E-state index contributed by atoms with van der Waals surface area (Å²) in [6.07, 6.45) is 6.50. The molecule has 1 aromatic carbocycles. The molecule has 0 radical (unpaired) electrons. The Balaban J connectivity index is 1.36. The molecule has 138 valence electrons. The number of fused-ring (bicyclic) bond motifs is 1. The van der Waals surface area contributed by atoms with Crippen LogP contribution in [-0.2, 0) is 4.79 Å². The SMILES string of the molecule is Cc1ccc(-n2nnnc2SCC(=O)N2CC[C@@H]3CCCC[C@@H]3C2)cc1. The molecule has 1 aliphatic carbocycles. The van der Waals surface area contributed by atoms with E-state index < -0.39 is 0 Å². The van der Waals surface area contributed by atoms with E-state index in [1.54, 1.807) is 4.68 Å². The zero-order valence-corrected chi connectivity index (χ0v) is 16.0. The van der Waals surface area contributed by atoms with Crippen molar-refractivity contribution in [1.29, 1.82) is 0 Å².